The van der Waals surface area contributed by atoms with Crippen molar-refractivity contribution >= 4 is 11.6 Å². The van der Waals surface area contributed by atoms with E-state index in [1.165, 1.54) is 0 Å². The Hall–Kier alpha value is -1.55. The monoisotopic (exact) mass is 289 g/mol. The van der Waals surface area contributed by atoms with E-state index in [-0.39, 0.29) is 11.3 Å². The summed E-state index contributed by atoms with van der Waals surface area (Å²) in [6.07, 6.45) is 2.89. The van der Waals surface area contributed by atoms with E-state index in [0.717, 1.165) is 56.7 Å². The third-order valence-corrected chi connectivity index (χ3v) is 4.48. The molecule has 4 heteroatoms. The van der Waals surface area contributed by atoms with Gasteiger partial charge in [-0.2, -0.15) is 0 Å². The van der Waals surface area contributed by atoms with Crippen LogP contribution in [0.1, 0.15) is 38.7 Å². The van der Waals surface area contributed by atoms with Crippen LogP contribution >= 0.6 is 0 Å². The summed E-state index contributed by atoms with van der Waals surface area (Å²) in [5.41, 5.74) is 7.27. The summed E-state index contributed by atoms with van der Waals surface area (Å²) in [5.74, 6) is 0.173. The molecule has 0 saturated heterocycles. The van der Waals surface area contributed by atoms with Gasteiger partial charge in [0.2, 0.25) is 5.91 Å². The molecule has 0 aliphatic heterocycles. The Morgan fingerprint density at radius 3 is 2.38 bits per heavy atom. The summed E-state index contributed by atoms with van der Waals surface area (Å²) in [7, 11) is 0. The Bertz CT molecular complexity index is 461. The Labute approximate surface area is 127 Å². The van der Waals surface area contributed by atoms with Crippen molar-refractivity contribution in [1.29, 1.82) is 0 Å². The average Bonchev–Trinajstić information content (AvgIpc) is 3.30. The molecule has 0 radical (unpaired) electrons. The highest BCUT2D eigenvalue weighted by Gasteiger charge is 2.50. The average molecular weight is 289 g/mol. The first-order valence-corrected chi connectivity index (χ1v) is 7.99. The van der Waals surface area contributed by atoms with Crippen molar-refractivity contribution in [2.75, 3.05) is 31.9 Å². The summed E-state index contributed by atoms with van der Waals surface area (Å²) in [5, 5.41) is 3.11. The predicted molar refractivity (Wildman–Crippen MR) is 87.2 cm³/mol. The van der Waals surface area contributed by atoms with Crippen LogP contribution in [-0.2, 0) is 10.2 Å². The van der Waals surface area contributed by atoms with Crippen LogP contribution in [0.15, 0.2) is 24.3 Å². The fraction of sp³-hybridized carbons (Fsp3) is 0.588. The molecule has 1 aromatic rings. The molecule has 1 amide bonds. The molecular weight excluding hydrogens is 262 g/mol. The van der Waals surface area contributed by atoms with Gasteiger partial charge in [-0.25, -0.2) is 0 Å². The van der Waals surface area contributed by atoms with Crippen molar-refractivity contribution in [3.05, 3.63) is 29.8 Å². The number of anilines is 1. The minimum atomic E-state index is -0.289. The molecule has 3 N–H and O–H groups in total. The number of benzene rings is 1. The van der Waals surface area contributed by atoms with Crippen LogP contribution in [0.3, 0.4) is 0 Å². The number of nitrogens with one attached hydrogen (secondary N) is 1. The van der Waals surface area contributed by atoms with E-state index in [4.69, 9.17) is 5.73 Å². The number of amides is 1. The van der Waals surface area contributed by atoms with Gasteiger partial charge in [0.15, 0.2) is 0 Å². The number of hydrogen-bond donors (Lipinski definition) is 2. The van der Waals surface area contributed by atoms with Crippen LogP contribution in [0.2, 0.25) is 0 Å². The van der Waals surface area contributed by atoms with Crippen LogP contribution < -0.4 is 11.1 Å². The number of carbonyl (C=O) groups excluding carboxylic acids is 1. The van der Waals surface area contributed by atoms with Gasteiger partial charge in [0.25, 0.3) is 0 Å². The van der Waals surface area contributed by atoms with Crippen molar-refractivity contribution in [3.8, 4) is 0 Å². The predicted octanol–water partition coefficient (Wildman–Crippen LogP) is 2.15. The maximum atomic E-state index is 12.4. The van der Waals surface area contributed by atoms with E-state index in [1.54, 1.807) is 0 Å². The van der Waals surface area contributed by atoms with E-state index < -0.39 is 0 Å². The SMILES string of the molecule is CCN(CC)CCCNC(=O)C1(c2ccc(N)cc2)CC1. The molecule has 0 bridgehead atoms. The number of rotatable bonds is 8. The van der Waals surface area contributed by atoms with E-state index >= 15 is 0 Å². The van der Waals surface area contributed by atoms with Gasteiger partial charge in [-0.05, 0) is 56.6 Å². The topological polar surface area (TPSA) is 58.4 Å². The Balaban J connectivity index is 1.82. The van der Waals surface area contributed by atoms with Crippen LogP contribution in [-0.4, -0.2) is 37.0 Å². The van der Waals surface area contributed by atoms with Crippen LogP contribution in [0, 0.1) is 0 Å². The van der Waals surface area contributed by atoms with Gasteiger partial charge >= 0.3 is 0 Å². The molecule has 116 valence electrons. The van der Waals surface area contributed by atoms with Crippen molar-refractivity contribution in [1.82, 2.24) is 10.2 Å². The second kappa shape index (κ2) is 6.94. The molecule has 0 unspecified atom stereocenters. The van der Waals surface area contributed by atoms with Gasteiger partial charge in [-0.15, -0.1) is 0 Å². The zero-order valence-corrected chi connectivity index (χ0v) is 13.2. The Kier molecular flexibility index (Phi) is 5.23. The molecule has 1 saturated carbocycles. The summed E-state index contributed by atoms with van der Waals surface area (Å²) in [6, 6.07) is 7.72. The molecule has 1 fully saturated rings. The first-order chi connectivity index (χ1) is 10.1. The highest BCUT2D eigenvalue weighted by atomic mass is 16.2. The zero-order valence-electron chi connectivity index (χ0n) is 13.2. The van der Waals surface area contributed by atoms with Gasteiger partial charge in [0.05, 0.1) is 5.41 Å². The number of carbonyl (C=O) groups is 1. The molecule has 2 rings (SSSR count). The largest absolute Gasteiger partial charge is 0.399 e. The number of nitrogen functional groups attached to an aromatic ring is 1. The highest BCUT2D eigenvalue weighted by Crippen LogP contribution is 2.48. The fourth-order valence-corrected chi connectivity index (χ4v) is 2.79. The van der Waals surface area contributed by atoms with Crippen molar-refractivity contribution in [2.45, 2.75) is 38.5 Å². The molecular formula is C17H27N3O. The van der Waals surface area contributed by atoms with Crippen LogP contribution in [0.25, 0.3) is 0 Å². The molecule has 0 spiro atoms. The Morgan fingerprint density at radius 2 is 1.86 bits per heavy atom. The second-order valence-corrected chi connectivity index (χ2v) is 5.84. The van der Waals surface area contributed by atoms with E-state index in [2.05, 4.69) is 24.1 Å². The zero-order chi connectivity index (χ0) is 15.3. The first kappa shape index (κ1) is 15.8. The molecule has 1 aromatic carbocycles. The summed E-state index contributed by atoms with van der Waals surface area (Å²) in [6.45, 7) is 8.28. The lowest BCUT2D eigenvalue weighted by Gasteiger charge is -2.19. The smallest absolute Gasteiger partial charge is 0.230 e. The van der Waals surface area contributed by atoms with Crippen molar-refractivity contribution in [3.63, 3.8) is 0 Å². The quantitative estimate of drug-likeness (QED) is 0.569. The number of nitrogens with two attached hydrogens (primary N) is 1. The lowest BCUT2D eigenvalue weighted by Crippen LogP contribution is -2.36. The lowest BCUT2D eigenvalue weighted by molar-refractivity contribution is -0.123. The van der Waals surface area contributed by atoms with Gasteiger partial charge in [-0.1, -0.05) is 26.0 Å². The maximum absolute atomic E-state index is 12.4. The molecule has 1 aliphatic carbocycles. The minimum absolute atomic E-state index is 0.173. The van der Waals surface area contributed by atoms with Gasteiger partial charge < -0.3 is 16.0 Å². The molecule has 0 aromatic heterocycles. The number of hydrogen-bond acceptors (Lipinski definition) is 3. The van der Waals surface area contributed by atoms with Gasteiger partial charge in [-0.3, -0.25) is 4.79 Å². The summed E-state index contributed by atoms with van der Waals surface area (Å²) < 4.78 is 0. The standard InChI is InChI=1S/C17H27N3O/c1-3-20(4-2)13-5-12-19-16(21)17(10-11-17)14-6-8-15(18)9-7-14/h6-9H,3-5,10-13,18H2,1-2H3,(H,19,21). The van der Waals surface area contributed by atoms with E-state index in [9.17, 15) is 4.79 Å². The second-order valence-electron chi connectivity index (χ2n) is 5.84. The van der Waals surface area contributed by atoms with E-state index in [0.29, 0.717) is 0 Å². The first-order valence-electron chi connectivity index (χ1n) is 7.99. The van der Waals surface area contributed by atoms with Crippen molar-refractivity contribution < 1.29 is 4.79 Å². The van der Waals surface area contributed by atoms with Gasteiger partial charge in [0.1, 0.15) is 0 Å². The van der Waals surface area contributed by atoms with E-state index in [1.807, 2.05) is 24.3 Å². The third kappa shape index (κ3) is 3.76. The molecule has 21 heavy (non-hydrogen) atoms. The molecule has 0 heterocycles. The van der Waals surface area contributed by atoms with Crippen LogP contribution in [0.4, 0.5) is 5.69 Å². The maximum Gasteiger partial charge on any atom is 0.230 e. The summed E-state index contributed by atoms with van der Waals surface area (Å²) >= 11 is 0. The Morgan fingerprint density at radius 1 is 1.24 bits per heavy atom. The van der Waals surface area contributed by atoms with Crippen molar-refractivity contribution in [2.24, 2.45) is 0 Å². The third-order valence-electron chi connectivity index (χ3n) is 4.48. The minimum Gasteiger partial charge on any atom is -0.399 e. The van der Waals surface area contributed by atoms with Crippen LogP contribution in [0.5, 0.6) is 0 Å². The molecule has 4 nitrogen and oxygen atoms in total. The van der Waals surface area contributed by atoms with Gasteiger partial charge in [0, 0.05) is 12.2 Å². The number of nitrogens with zero attached hydrogens (tertiary/aromatic N) is 1. The summed E-state index contributed by atoms with van der Waals surface area (Å²) in [4.78, 5) is 14.8. The molecule has 0 atom stereocenters. The lowest BCUT2D eigenvalue weighted by atomic mass is 9.95. The fourth-order valence-electron chi connectivity index (χ4n) is 2.79. The highest BCUT2D eigenvalue weighted by molar-refractivity contribution is 5.91. The normalized spacial score (nSPS) is 16.0. The molecule has 1 aliphatic rings.